The van der Waals surface area contributed by atoms with Crippen molar-refractivity contribution in [2.75, 3.05) is 18.0 Å². The Morgan fingerprint density at radius 2 is 1.62 bits per heavy atom. The van der Waals surface area contributed by atoms with E-state index in [9.17, 15) is 18.4 Å². The highest BCUT2D eigenvalue weighted by Crippen LogP contribution is 2.23. The molecule has 2 amide bonds. The van der Waals surface area contributed by atoms with Gasteiger partial charge in [-0.15, -0.1) is 0 Å². The quantitative estimate of drug-likeness (QED) is 0.884. The van der Waals surface area contributed by atoms with E-state index in [1.54, 1.807) is 0 Å². The van der Waals surface area contributed by atoms with E-state index in [1.807, 2.05) is 30.3 Å². The summed E-state index contributed by atoms with van der Waals surface area (Å²) in [4.78, 5) is 24.5. The van der Waals surface area contributed by atoms with Gasteiger partial charge in [0.2, 0.25) is 11.8 Å². The predicted molar refractivity (Wildman–Crippen MR) is 87.5 cm³/mol. The molecule has 2 rings (SSSR count). The van der Waals surface area contributed by atoms with E-state index in [-0.39, 0.29) is 0 Å². The molecule has 126 valence electrons. The first-order valence-corrected chi connectivity index (χ1v) is 7.52. The molecule has 0 aromatic heterocycles. The lowest BCUT2D eigenvalue weighted by Gasteiger charge is -2.21. The molecule has 0 radical (unpaired) electrons. The molecule has 0 aliphatic carbocycles. The Bertz CT molecular complexity index is 700. The smallest absolute Gasteiger partial charge is 0.240 e. The molecule has 2 aromatic rings. The van der Waals surface area contributed by atoms with E-state index in [0.29, 0.717) is 13.0 Å². The fourth-order valence-corrected chi connectivity index (χ4v) is 2.29. The molecule has 0 fully saturated rings. The average molecular weight is 332 g/mol. The number of benzene rings is 2. The molecular formula is C18H18F2N2O2. The monoisotopic (exact) mass is 332 g/mol. The van der Waals surface area contributed by atoms with Crippen molar-refractivity contribution < 1.29 is 18.4 Å². The Hall–Kier alpha value is -2.76. The second kappa shape index (κ2) is 8.19. The van der Waals surface area contributed by atoms with Crippen LogP contribution in [-0.4, -0.2) is 24.9 Å². The van der Waals surface area contributed by atoms with Crippen LogP contribution in [0.25, 0.3) is 0 Å². The Morgan fingerprint density at radius 1 is 1.00 bits per heavy atom. The summed E-state index contributed by atoms with van der Waals surface area (Å²) in [5, 5.41) is 2.65. The van der Waals surface area contributed by atoms with Crippen molar-refractivity contribution in [1.29, 1.82) is 0 Å². The maximum absolute atomic E-state index is 13.8. The number of hydrogen-bond acceptors (Lipinski definition) is 2. The van der Waals surface area contributed by atoms with Gasteiger partial charge in [0.05, 0.1) is 0 Å². The minimum absolute atomic E-state index is 0.369. The number of carbonyl (C=O) groups excluding carboxylic acids is 2. The maximum atomic E-state index is 13.8. The van der Waals surface area contributed by atoms with Crippen LogP contribution in [0.5, 0.6) is 0 Å². The van der Waals surface area contributed by atoms with Crippen LogP contribution in [0.2, 0.25) is 0 Å². The largest absolute Gasteiger partial charge is 0.354 e. The van der Waals surface area contributed by atoms with Crippen LogP contribution in [0.15, 0.2) is 48.5 Å². The Morgan fingerprint density at radius 3 is 2.21 bits per heavy atom. The van der Waals surface area contributed by atoms with E-state index < -0.39 is 35.7 Å². The Kier molecular flexibility index (Phi) is 6.01. The van der Waals surface area contributed by atoms with Gasteiger partial charge in [-0.2, -0.15) is 0 Å². The third-order valence-corrected chi connectivity index (χ3v) is 3.47. The standard InChI is InChI=1S/C18H18F2N2O2/c1-13(23)22(18-15(19)8-5-9-16(18)20)12-17(24)21-11-10-14-6-3-2-4-7-14/h2-9H,10-12H2,1H3,(H,21,24). The average Bonchev–Trinajstić information content (AvgIpc) is 2.54. The molecule has 24 heavy (non-hydrogen) atoms. The number of rotatable bonds is 6. The summed E-state index contributed by atoms with van der Waals surface area (Å²) in [7, 11) is 0. The number of para-hydroxylation sites is 1. The minimum atomic E-state index is -0.887. The predicted octanol–water partition coefficient (Wildman–Crippen LogP) is 2.68. The summed E-state index contributed by atoms with van der Waals surface area (Å²) in [5.41, 5.74) is 0.546. The molecule has 0 saturated heterocycles. The van der Waals surface area contributed by atoms with E-state index in [0.717, 1.165) is 29.5 Å². The summed E-state index contributed by atoms with van der Waals surface area (Å²) in [6.45, 7) is 1.08. The van der Waals surface area contributed by atoms with Gasteiger partial charge >= 0.3 is 0 Å². The maximum Gasteiger partial charge on any atom is 0.240 e. The van der Waals surface area contributed by atoms with E-state index in [1.165, 1.54) is 6.07 Å². The highest BCUT2D eigenvalue weighted by atomic mass is 19.1. The van der Waals surface area contributed by atoms with Gasteiger partial charge in [0.15, 0.2) is 0 Å². The lowest BCUT2D eigenvalue weighted by atomic mass is 10.1. The molecule has 0 heterocycles. The zero-order valence-corrected chi connectivity index (χ0v) is 13.3. The molecule has 0 bridgehead atoms. The van der Waals surface area contributed by atoms with Gasteiger partial charge in [0, 0.05) is 13.5 Å². The zero-order chi connectivity index (χ0) is 17.5. The van der Waals surface area contributed by atoms with Crippen molar-refractivity contribution >= 4 is 17.5 Å². The highest BCUT2D eigenvalue weighted by Gasteiger charge is 2.22. The SMILES string of the molecule is CC(=O)N(CC(=O)NCCc1ccccc1)c1c(F)cccc1F. The van der Waals surface area contributed by atoms with E-state index in [4.69, 9.17) is 0 Å². The highest BCUT2D eigenvalue weighted by molar-refractivity contribution is 5.97. The summed E-state index contributed by atoms with van der Waals surface area (Å²) >= 11 is 0. The number of halogens is 2. The van der Waals surface area contributed by atoms with Gasteiger partial charge in [0.25, 0.3) is 0 Å². The van der Waals surface area contributed by atoms with Crippen LogP contribution >= 0.6 is 0 Å². The topological polar surface area (TPSA) is 49.4 Å². The van der Waals surface area contributed by atoms with Gasteiger partial charge in [-0.1, -0.05) is 36.4 Å². The zero-order valence-electron chi connectivity index (χ0n) is 13.3. The van der Waals surface area contributed by atoms with Gasteiger partial charge in [-0.05, 0) is 24.1 Å². The van der Waals surface area contributed by atoms with Crippen LogP contribution in [-0.2, 0) is 16.0 Å². The first-order chi connectivity index (χ1) is 11.5. The first kappa shape index (κ1) is 17.6. The molecule has 1 N–H and O–H groups in total. The third-order valence-electron chi connectivity index (χ3n) is 3.47. The summed E-state index contributed by atoms with van der Waals surface area (Å²) in [5.74, 6) is -2.87. The van der Waals surface area contributed by atoms with E-state index in [2.05, 4.69) is 5.32 Å². The lowest BCUT2D eigenvalue weighted by Crippen LogP contribution is -2.41. The summed E-state index contributed by atoms with van der Waals surface area (Å²) < 4.78 is 27.6. The van der Waals surface area contributed by atoms with Crippen molar-refractivity contribution in [2.45, 2.75) is 13.3 Å². The second-order valence-electron chi connectivity index (χ2n) is 5.26. The summed E-state index contributed by atoms with van der Waals surface area (Å²) in [6, 6.07) is 12.8. The van der Waals surface area contributed by atoms with Crippen molar-refractivity contribution in [2.24, 2.45) is 0 Å². The van der Waals surface area contributed by atoms with Crippen LogP contribution in [0.3, 0.4) is 0 Å². The van der Waals surface area contributed by atoms with Gasteiger partial charge < -0.3 is 5.32 Å². The number of nitrogens with zero attached hydrogens (tertiary/aromatic N) is 1. The number of anilines is 1. The fourth-order valence-electron chi connectivity index (χ4n) is 2.29. The molecule has 0 unspecified atom stereocenters. The molecule has 6 heteroatoms. The Labute approximate surface area is 139 Å². The van der Waals surface area contributed by atoms with Crippen LogP contribution < -0.4 is 10.2 Å². The third kappa shape index (κ3) is 4.62. The molecule has 0 aliphatic heterocycles. The molecular weight excluding hydrogens is 314 g/mol. The molecule has 0 spiro atoms. The van der Waals surface area contributed by atoms with Gasteiger partial charge in [-0.25, -0.2) is 8.78 Å². The molecule has 0 atom stereocenters. The normalized spacial score (nSPS) is 10.3. The summed E-state index contributed by atoms with van der Waals surface area (Å²) in [6.07, 6.45) is 0.626. The number of amides is 2. The molecule has 4 nitrogen and oxygen atoms in total. The molecule has 0 saturated carbocycles. The van der Waals surface area contributed by atoms with Gasteiger partial charge in [-0.3, -0.25) is 14.5 Å². The number of hydrogen-bond donors (Lipinski definition) is 1. The number of carbonyl (C=O) groups is 2. The van der Waals surface area contributed by atoms with Crippen LogP contribution in [0.4, 0.5) is 14.5 Å². The van der Waals surface area contributed by atoms with E-state index >= 15 is 0 Å². The fraction of sp³-hybridized carbons (Fsp3) is 0.222. The second-order valence-corrected chi connectivity index (χ2v) is 5.26. The van der Waals surface area contributed by atoms with Crippen molar-refractivity contribution in [3.63, 3.8) is 0 Å². The van der Waals surface area contributed by atoms with Crippen molar-refractivity contribution in [3.05, 3.63) is 65.7 Å². The van der Waals surface area contributed by atoms with Crippen LogP contribution in [0.1, 0.15) is 12.5 Å². The number of nitrogens with one attached hydrogen (secondary N) is 1. The molecule has 0 aliphatic rings. The van der Waals surface area contributed by atoms with Crippen LogP contribution in [0, 0.1) is 11.6 Å². The van der Waals surface area contributed by atoms with Crippen molar-refractivity contribution in [3.8, 4) is 0 Å². The molecule has 2 aromatic carbocycles. The first-order valence-electron chi connectivity index (χ1n) is 7.52. The Balaban J connectivity index is 1.98. The van der Waals surface area contributed by atoms with Gasteiger partial charge in [0.1, 0.15) is 23.9 Å². The minimum Gasteiger partial charge on any atom is -0.354 e. The van der Waals surface area contributed by atoms with Crippen molar-refractivity contribution in [1.82, 2.24) is 5.32 Å². The lowest BCUT2D eigenvalue weighted by molar-refractivity contribution is -0.123.